The number of piperidine rings is 1. The topological polar surface area (TPSA) is 99.2 Å². The van der Waals surface area contributed by atoms with E-state index in [4.69, 9.17) is 9.78 Å². The van der Waals surface area contributed by atoms with E-state index >= 15 is 0 Å². The number of aryl methyl sites for hydroxylation is 1. The van der Waals surface area contributed by atoms with Gasteiger partial charge in [-0.1, -0.05) is 5.16 Å². The maximum atomic E-state index is 12.6. The molecule has 3 heterocycles. The zero-order chi connectivity index (χ0) is 17.8. The van der Waals surface area contributed by atoms with Crippen LogP contribution >= 0.6 is 0 Å². The molecule has 0 aromatic carbocycles. The lowest BCUT2D eigenvalue weighted by Crippen LogP contribution is -2.44. The Morgan fingerprint density at radius 1 is 1.52 bits per heavy atom. The van der Waals surface area contributed by atoms with Crippen molar-refractivity contribution in [2.75, 3.05) is 31.6 Å². The lowest BCUT2D eigenvalue weighted by molar-refractivity contribution is -0.131. The minimum atomic E-state index is 0.0367. The number of anilines is 1. The molecule has 130 valence electrons. The Balaban J connectivity index is 1.61. The van der Waals surface area contributed by atoms with Gasteiger partial charge in [-0.25, -0.2) is 4.98 Å². The number of nitrogens with zero attached hydrogens (tertiary/aromatic N) is 6. The molecule has 8 heteroatoms. The van der Waals surface area contributed by atoms with Crippen molar-refractivity contribution in [2.45, 2.75) is 25.7 Å². The summed E-state index contributed by atoms with van der Waals surface area (Å²) >= 11 is 0. The Bertz CT molecular complexity index is 779. The van der Waals surface area contributed by atoms with Gasteiger partial charge in [-0.05, 0) is 31.9 Å². The summed E-state index contributed by atoms with van der Waals surface area (Å²) in [6.45, 7) is 3.35. The Morgan fingerprint density at radius 3 is 3.00 bits per heavy atom. The first-order chi connectivity index (χ1) is 12.1. The molecule has 1 fully saturated rings. The molecular formula is C17H20N6O2. The van der Waals surface area contributed by atoms with Gasteiger partial charge in [-0.3, -0.25) is 4.79 Å². The number of likely N-dealkylation sites (N-methyl/N-ethyl adjacent to an activating group) is 1. The minimum Gasteiger partial charge on any atom is -0.350 e. The second kappa shape index (κ2) is 7.30. The van der Waals surface area contributed by atoms with Crippen LogP contribution in [-0.2, 0) is 4.79 Å². The van der Waals surface area contributed by atoms with Crippen molar-refractivity contribution in [3.05, 3.63) is 35.6 Å². The van der Waals surface area contributed by atoms with E-state index in [1.807, 2.05) is 18.0 Å². The fourth-order valence-corrected chi connectivity index (χ4v) is 2.95. The first kappa shape index (κ1) is 16.9. The molecule has 3 rings (SSSR count). The van der Waals surface area contributed by atoms with Gasteiger partial charge < -0.3 is 14.3 Å². The number of likely N-dealkylation sites (tertiary alicyclic amines) is 1. The Kier molecular flexibility index (Phi) is 4.93. The number of carbonyl (C=O) groups excluding carboxylic acids is 1. The fraction of sp³-hybridized carbons (Fsp3) is 0.471. The van der Waals surface area contributed by atoms with Crippen LogP contribution in [-0.4, -0.2) is 52.6 Å². The van der Waals surface area contributed by atoms with E-state index in [0.29, 0.717) is 29.6 Å². The third kappa shape index (κ3) is 3.94. The highest BCUT2D eigenvalue weighted by Gasteiger charge is 2.28. The van der Waals surface area contributed by atoms with Crippen molar-refractivity contribution in [1.29, 1.82) is 5.26 Å². The molecule has 0 unspecified atom stereocenters. The van der Waals surface area contributed by atoms with Crippen molar-refractivity contribution >= 4 is 11.7 Å². The standard InChI is InChI=1S/C17H20N6O2/c1-12-20-17(25-21-12)14-4-3-7-23(10-14)16(24)11-22(2)15-6-5-13(8-18)9-19-15/h5-6,9,14H,3-4,7,10-11H2,1-2H3/t14-/m0/s1. The summed E-state index contributed by atoms with van der Waals surface area (Å²) in [7, 11) is 1.81. The van der Waals surface area contributed by atoms with Gasteiger partial charge in [0.2, 0.25) is 11.8 Å². The van der Waals surface area contributed by atoms with E-state index in [1.54, 1.807) is 24.0 Å². The van der Waals surface area contributed by atoms with E-state index in [9.17, 15) is 4.79 Å². The average Bonchev–Trinajstić information content (AvgIpc) is 3.08. The molecule has 1 aliphatic rings. The SMILES string of the molecule is Cc1noc([C@H]2CCCN(C(=O)CN(C)c3ccc(C#N)cn3)C2)n1. The van der Waals surface area contributed by atoms with Crippen LogP contribution in [0.1, 0.15) is 36.0 Å². The van der Waals surface area contributed by atoms with E-state index in [2.05, 4.69) is 15.1 Å². The Hall–Kier alpha value is -2.95. The summed E-state index contributed by atoms with van der Waals surface area (Å²) in [5.74, 6) is 2.02. The average molecular weight is 340 g/mol. The summed E-state index contributed by atoms with van der Waals surface area (Å²) < 4.78 is 5.26. The van der Waals surface area contributed by atoms with Gasteiger partial charge in [0.25, 0.3) is 0 Å². The molecule has 1 atom stereocenters. The lowest BCUT2D eigenvalue weighted by Gasteiger charge is -2.32. The smallest absolute Gasteiger partial charge is 0.242 e. The van der Waals surface area contributed by atoms with Gasteiger partial charge in [0, 0.05) is 26.3 Å². The van der Waals surface area contributed by atoms with Crippen molar-refractivity contribution in [3.8, 4) is 6.07 Å². The van der Waals surface area contributed by atoms with E-state index in [-0.39, 0.29) is 18.4 Å². The molecule has 0 aliphatic carbocycles. The number of pyridine rings is 1. The zero-order valence-corrected chi connectivity index (χ0v) is 14.3. The quantitative estimate of drug-likeness (QED) is 0.831. The maximum absolute atomic E-state index is 12.6. The van der Waals surface area contributed by atoms with Crippen LogP contribution in [0.3, 0.4) is 0 Å². The first-order valence-electron chi connectivity index (χ1n) is 8.22. The van der Waals surface area contributed by atoms with Crippen LogP contribution in [0.15, 0.2) is 22.9 Å². The number of hydrogen-bond donors (Lipinski definition) is 0. The predicted octanol–water partition coefficient (Wildman–Crippen LogP) is 1.49. The molecule has 1 aliphatic heterocycles. The van der Waals surface area contributed by atoms with Gasteiger partial charge in [0.1, 0.15) is 11.9 Å². The molecule has 0 radical (unpaired) electrons. The maximum Gasteiger partial charge on any atom is 0.242 e. The van der Waals surface area contributed by atoms with Crippen LogP contribution in [0.4, 0.5) is 5.82 Å². The highest BCUT2D eigenvalue weighted by atomic mass is 16.5. The second-order valence-corrected chi connectivity index (χ2v) is 6.23. The first-order valence-corrected chi connectivity index (χ1v) is 8.22. The van der Waals surface area contributed by atoms with Gasteiger partial charge in [-0.15, -0.1) is 0 Å². The van der Waals surface area contributed by atoms with Crippen molar-refractivity contribution in [2.24, 2.45) is 0 Å². The summed E-state index contributed by atoms with van der Waals surface area (Å²) in [5, 5.41) is 12.7. The molecule has 2 aromatic heterocycles. The molecule has 0 saturated carbocycles. The fourth-order valence-electron chi connectivity index (χ4n) is 2.95. The number of rotatable bonds is 4. The number of nitriles is 1. The normalized spacial score (nSPS) is 17.2. The third-order valence-electron chi connectivity index (χ3n) is 4.31. The van der Waals surface area contributed by atoms with E-state index in [1.165, 1.54) is 6.20 Å². The van der Waals surface area contributed by atoms with Gasteiger partial charge in [0.05, 0.1) is 18.0 Å². The van der Waals surface area contributed by atoms with Gasteiger partial charge in [-0.2, -0.15) is 10.2 Å². The number of carbonyl (C=O) groups is 1. The third-order valence-corrected chi connectivity index (χ3v) is 4.31. The summed E-state index contributed by atoms with van der Waals surface area (Å²) in [5.41, 5.74) is 0.497. The second-order valence-electron chi connectivity index (χ2n) is 6.23. The molecular weight excluding hydrogens is 320 g/mol. The largest absolute Gasteiger partial charge is 0.350 e. The van der Waals surface area contributed by atoms with Crippen LogP contribution in [0.2, 0.25) is 0 Å². The summed E-state index contributed by atoms with van der Waals surface area (Å²) in [4.78, 5) is 24.8. The molecule has 25 heavy (non-hydrogen) atoms. The highest BCUT2D eigenvalue weighted by molar-refractivity contribution is 5.81. The summed E-state index contributed by atoms with van der Waals surface area (Å²) in [6, 6.07) is 5.47. The van der Waals surface area contributed by atoms with Crippen molar-refractivity contribution in [3.63, 3.8) is 0 Å². The molecule has 2 aromatic rings. The van der Waals surface area contributed by atoms with Crippen LogP contribution in [0.25, 0.3) is 0 Å². The minimum absolute atomic E-state index is 0.0367. The lowest BCUT2D eigenvalue weighted by atomic mass is 9.98. The number of amides is 1. The van der Waals surface area contributed by atoms with Crippen LogP contribution in [0, 0.1) is 18.3 Å². The van der Waals surface area contributed by atoms with Gasteiger partial charge in [0.15, 0.2) is 5.82 Å². The molecule has 0 bridgehead atoms. The molecule has 0 N–H and O–H groups in total. The highest BCUT2D eigenvalue weighted by Crippen LogP contribution is 2.25. The molecule has 8 nitrogen and oxygen atoms in total. The zero-order valence-electron chi connectivity index (χ0n) is 14.3. The van der Waals surface area contributed by atoms with Gasteiger partial charge >= 0.3 is 0 Å². The molecule has 1 saturated heterocycles. The number of hydrogen-bond acceptors (Lipinski definition) is 7. The molecule has 0 spiro atoms. The van der Waals surface area contributed by atoms with E-state index in [0.717, 1.165) is 19.4 Å². The molecule has 1 amide bonds. The van der Waals surface area contributed by atoms with Crippen LogP contribution < -0.4 is 4.90 Å². The number of aromatic nitrogens is 3. The monoisotopic (exact) mass is 340 g/mol. The Morgan fingerprint density at radius 2 is 2.36 bits per heavy atom. The van der Waals surface area contributed by atoms with Crippen molar-refractivity contribution < 1.29 is 9.32 Å². The van der Waals surface area contributed by atoms with Crippen LogP contribution in [0.5, 0.6) is 0 Å². The predicted molar refractivity (Wildman–Crippen MR) is 89.8 cm³/mol. The summed E-state index contributed by atoms with van der Waals surface area (Å²) in [6.07, 6.45) is 3.36. The van der Waals surface area contributed by atoms with E-state index < -0.39 is 0 Å². The Labute approximate surface area is 146 Å². The van der Waals surface area contributed by atoms with Crippen molar-refractivity contribution in [1.82, 2.24) is 20.0 Å².